The zero-order chi connectivity index (χ0) is 14.0. The summed E-state index contributed by atoms with van der Waals surface area (Å²) in [5.74, 6) is -2.16. The van der Waals surface area contributed by atoms with Crippen molar-refractivity contribution < 1.29 is 21.6 Å². The minimum Gasteiger partial charge on any atom is -0.327 e. The molecule has 0 heterocycles. The van der Waals surface area contributed by atoms with E-state index in [1.165, 1.54) is 0 Å². The molecule has 7 heteroatoms. The van der Waals surface area contributed by atoms with Gasteiger partial charge >= 0.3 is 6.18 Å². The van der Waals surface area contributed by atoms with Crippen molar-refractivity contribution >= 4 is 9.84 Å². The number of nitrogens with two attached hydrogens (primary N) is 1. The molecule has 3 nitrogen and oxygen atoms in total. The number of halogens is 3. The lowest BCUT2D eigenvalue weighted by Crippen LogP contribution is -2.43. The maximum atomic E-state index is 12.9. The maximum absolute atomic E-state index is 12.9. The molecule has 0 radical (unpaired) electrons. The molecule has 108 valence electrons. The highest BCUT2D eigenvalue weighted by atomic mass is 32.2. The highest BCUT2D eigenvalue weighted by Gasteiger charge is 2.47. The van der Waals surface area contributed by atoms with E-state index in [9.17, 15) is 21.6 Å². The van der Waals surface area contributed by atoms with E-state index >= 15 is 0 Å². The minimum atomic E-state index is -4.23. The molecule has 0 bridgehead atoms. The number of sulfone groups is 1. The first kappa shape index (κ1) is 15.8. The Labute approximate surface area is 106 Å². The zero-order valence-electron chi connectivity index (χ0n) is 10.4. The monoisotopic (exact) mass is 287 g/mol. The minimum absolute atomic E-state index is 0.107. The van der Waals surface area contributed by atoms with Gasteiger partial charge in [-0.25, -0.2) is 8.42 Å². The number of hydrogen-bond acceptors (Lipinski definition) is 3. The summed E-state index contributed by atoms with van der Waals surface area (Å²) in [5, 5.41) is 0. The van der Waals surface area contributed by atoms with Crippen LogP contribution in [0.2, 0.25) is 0 Å². The Morgan fingerprint density at radius 2 is 1.83 bits per heavy atom. The fourth-order valence-electron chi connectivity index (χ4n) is 2.64. The molecule has 3 atom stereocenters. The lowest BCUT2D eigenvalue weighted by atomic mass is 9.74. The van der Waals surface area contributed by atoms with Crippen molar-refractivity contribution in [3.05, 3.63) is 0 Å². The molecule has 1 fully saturated rings. The van der Waals surface area contributed by atoms with E-state index in [1.54, 1.807) is 0 Å². The SMILES string of the molecule is CS(=O)(=O)CCC(N)C1CCCCC1C(F)(F)F. The summed E-state index contributed by atoms with van der Waals surface area (Å²) in [6.45, 7) is 0. The second-order valence-corrected chi connectivity index (χ2v) is 7.44. The molecule has 1 saturated carbocycles. The fraction of sp³-hybridized carbons (Fsp3) is 1.00. The molecule has 0 saturated heterocycles. The first-order chi connectivity index (χ1) is 8.11. The van der Waals surface area contributed by atoms with Crippen LogP contribution in [0.1, 0.15) is 32.1 Å². The largest absolute Gasteiger partial charge is 0.392 e. The van der Waals surface area contributed by atoms with Crippen molar-refractivity contribution in [2.24, 2.45) is 17.6 Å². The zero-order valence-corrected chi connectivity index (χ0v) is 11.2. The fourth-order valence-corrected chi connectivity index (χ4v) is 3.34. The van der Waals surface area contributed by atoms with Crippen LogP contribution in [0.5, 0.6) is 0 Å². The van der Waals surface area contributed by atoms with Crippen molar-refractivity contribution in [2.75, 3.05) is 12.0 Å². The van der Waals surface area contributed by atoms with Gasteiger partial charge in [-0.2, -0.15) is 13.2 Å². The van der Waals surface area contributed by atoms with Gasteiger partial charge < -0.3 is 5.73 Å². The molecule has 18 heavy (non-hydrogen) atoms. The van der Waals surface area contributed by atoms with Crippen molar-refractivity contribution in [1.29, 1.82) is 0 Å². The van der Waals surface area contributed by atoms with Gasteiger partial charge in [0.05, 0.1) is 11.7 Å². The molecule has 0 aromatic heterocycles. The van der Waals surface area contributed by atoms with Crippen LogP contribution in [0, 0.1) is 11.8 Å². The lowest BCUT2D eigenvalue weighted by Gasteiger charge is -2.36. The molecule has 1 aliphatic rings. The Morgan fingerprint density at radius 1 is 1.28 bits per heavy atom. The van der Waals surface area contributed by atoms with Gasteiger partial charge in [-0.3, -0.25) is 0 Å². The lowest BCUT2D eigenvalue weighted by molar-refractivity contribution is -0.198. The van der Waals surface area contributed by atoms with E-state index in [2.05, 4.69) is 0 Å². The summed E-state index contributed by atoms with van der Waals surface area (Å²) in [4.78, 5) is 0. The summed E-state index contributed by atoms with van der Waals surface area (Å²) in [6.07, 6.45) is -1.19. The molecule has 2 N–H and O–H groups in total. The summed E-state index contributed by atoms with van der Waals surface area (Å²) in [6, 6.07) is -0.688. The van der Waals surface area contributed by atoms with Crippen LogP contribution in [0.4, 0.5) is 13.2 Å². The standard InChI is InChI=1S/C11H20F3NO2S/c1-18(16,17)7-6-10(15)8-4-2-3-5-9(8)11(12,13)14/h8-10H,2-7,15H2,1H3. The van der Waals surface area contributed by atoms with E-state index in [1.807, 2.05) is 0 Å². The predicted molar refractivity (Wildman–Crippen MR) is 63.8 cm³/mol. The Bertz CT molecular complexity index is 367. The van der Waals surface area contributed by atoms with Crippen LogP contribution in [-0.2, 0) is 9.84 Å². The third-order valence-electron chi connectivity index (χ3n) is 3.61. The smallest absolute Gasteiger partial charge is 0.327 e. The van der Waals surface area contributed by atoms with E-state index in [0.29, 0.717) is 12.8 Å². The molecule has 1 aliphatic carbocycles. The molecular weight excluding hydrogens is 267 g/mol. The Hall–Kier alpha value is -0.300. The number of alkyl halides is 3. The topological polar surface area (TPSA) is 60.2 Å². The van der Waals surface area contributed by atoms with E-state index in [4.69, 9.17) is 5.73 Å². The first-order valence-corrected chi connectivity index (χ1v) is 8.17. The van der Waals surface area contributed by atoms with Crippen LogP contribution in [0.25, 0.3) is 0 Å². The molecule has 0 amide bonds. The molecular formula is C11H20F3NO2S. The third kappa shape index (κ3) is 4.76. The van der Waals surface area contributed by atoms with Crippen molar-refractivity contribution in [2.45, 2.75) is 44.3 Å². The van der Waals surface area contributed by atoms with Crippen LogP contribution in [0.3, 0.4) is 0 Å². The highest BCUT2D eigenvalue weighted by Crippen LogP contribution is 2.42. The van der Waals surface area contributed by atoms with Gasteiger partial charge in [-0.15, -0.1) is 0 Å². The summed E-state index contributed by atoms with van der Waals surface area (Å²) < 4.78 is 60.6. The molecule has 3 unspecified atom stereocenters. The maximum Gasteiger partial charge on any atom is 0.392 e. The Balaban J connectivity index is 2.66. The second kappa shape index (κ2) is 5.77. The van der Waals surface area contributed by atoms with Crippen LogP contribution in [0.15, 0.2) is 0 Å². The van der Waals surface area contributed by atoms with Gasteiger partial charge in [0.1, 0.15) is 9.84 Å². The van der Waals surface area contributed by atoms with Gasteiger partial charge in [0.15, 0.2) is 0 Å². The van der Waals surface area contributed by atoms with Crippen molar-refractivity contribution in [3.63, 3.8) is 0 Å². The summed E-state index contributed by atoms with van der Waals surface area (Å²) in [7, 11) is -3.17. The van der Waals surface area contributed by atoms with E-state index in [0.717, 1.165) is 12.7 Å². The Morgan fingerprint density at radius 3 is 2.33 bits per heavy atom. The highest BCUT2D eigenvalue weighted by molar-refractivity contribution is 7.90. The molecule has 1 rings (SSSR count). The summed E-state index contributed by atoms with van der Waals surface area (Å²) >= 11 is 0. The van der Waals surface area contributed by atoms with Gasteiger partial charge in [0, 0.05) is 12.3 Å². The van der Waals surface area contributed by atoms with Crippen LogP contribution in [-0.4, -0.2) is 32.6 Å². The van der Waals surface area contributed by atoms with Gasteiger partial charge in [0.25, 0.3) is 0 Å². The van der Waals surface area contributed by atoms with Crippen molar-refractivity contribution in [1.82, 2.24) is 0 Å². The molecule has 0 spiro atoms. The summed E-state index contributed by atoms with van der Waals surface area (Å²) in [5.41, 5.74) is 5.78. The van der Waals surface area contributed by atoms with Crippen molar-refractivity contribution in [3.8, 4) is 0 Å². The Kier molecular flexibility index (Phi) is 5.05. The third-order valence-corrected chi connectivity index (χ3v) is 4.59. The number of hydrogen-bond donors (Lipinski definition) is 1. The van der Waals surface area contributed by atoms with Gasteiger partial charge in [0.2, 0.25) is 0 Å². The van der Waals surface area contributed by atoms with Gasteiger partial charge in [-0.05, 0) is 25.2 Å². The average Bonchev–Trinajstić information content (AvgIpc) is 2.24. The first-order valence-electron chi connectivity index (χ1n) is 6.11. The van der Waals surface area contributed by atoms with Crippen LogP contribution < -0.4 is 5.73 Å². The predicted octanol–water partition coefficient (Wildman–Crippen LogP) is 2.12. The van der Waals surface area contributed by atoms with E-state index in [-0.39, 0.29) is 18.6 Å². The normalized spacial score (nSPS) is 28.1. The van der Waals surface area contributed by atoms with E-state index < -0.39 is 33.9 Å². The quantitative estimate of drug-likeness (QED) is 0.861. The van der Waals surface area contributed by atoms with Crippen LogP contribution >= 0.6 is 0 Å². The average molecular weight is 287 g/mol. The molecule has 0 aromatic rings. The van der Waals surface area contributed by atoms with Gasteiger partial charge in [-0.1, -0.05) is 12.8 Å². The molecule has 0 aliphatic heterocycles. The number of rotatable bonds is 4. The second-order valence-electron chi connectivity index (χ2n) is 5.18. The molecule has 0 aromatic carbocycles.